The third-order valence-electron chi connectivity index (χ3n) is 2.73. The fourth-order valence-electron chi connectivity index (χ4n) is 2.11. The Morgan fingerprint density at radius 1 is 1.44 bits per heavy atom. The highest BCUT2D eigenvalue weighted by atomic mass is 32.1. The molecule has 0 radical (unpaired) electrons. The Balaban J connectivity index is 0.000000606. The SMILES string of the molecule is CC.COC1CCCc2nc(=S)[nH]c(C)c21. The minimum absolute atomic E-state index is 0.193. The number of aromatic nitrogens is 2. The number of nitrogens with one attached hydrogen (secondary N) is 1. The number of aryl methyl sites for hydroxylation is 2. The van der Waals surface area contributed by atoms with Crippen LogP contribution in [0, 0.1) is 11.7 Å². The van der Waals surface area contributed by atoms with Crippen molar-refractivity contribution in [3.8, 4) is 0 Å². The number of ether oxygens (including phenoxy) is 1. The number of nitrogens with zero attached hydrogens (tertiary/aromatic N) is 1. The van der Waals surface area contributed by atoms with E-state index in [9.17, 15) is 0 Å². The van der Waals surface area contributed by atoms with E-state index >= 15 is 0 Å². The predicted octanol–water partition coefficient (Wildman–Crippen LogP) is 3.50. The lowest BCUT2D eigenvalue weighted by Gasteiger charge is -2.24. The fourth-order valence-corrected chi connectivity index (χ4v) is 2.37. The summed E-state index contributed by atoms with van der Waals surface area (Å²) in [4.78, 5) is 7.44. The van der Waals surface area contributed by atoms with E-state index in [4.69, 9.17) is 17.0 Å². The van der Waals surface area contributed by atoms with Crippen molar-refractivity contribution in [2.75, 3.05) is 7.11 Å². The standard InChI is InChI=1S/C10H14N2OS.C2H6/c1-6-9-7(12-10(14)11-6)4-3-5-8(9)13-2;1-2/h8H,3-5H2,1-2H3,(H,11,12,14);1-2H3. The van der Waals surface area contributed by atoms with Gasteiger partial charge in [-0.15, -0.1) is 0 Å². The second-order valence-electron chi connectivity index (χ2n) is 3.64. The highest BCUT2D eigenvalue weighted by Gasteiger charge is 2.23. The maximum Gasteiger partial charge on any atom is 0.197 e. The Hall–Kier alpha value is -0.740. The van der Waals surface area contributed by atoms with Gasteiger partial charge < -0.3 is 9.72 Å². The number of aromatic amines is 1. The van der Waals surface area contributed by atoms with Crippen molar-refractivity contribution in [2.45, 2.75) is 46.1 Å². The van der Waals surface area contributed by atoms with Crippen LogP contribution in [0.3, 0.4) is 0 Å². The number of H-pyrrole nitrogens is 1. The quantitative estimate of drug-likeness (QED) is 0.763. The summed E-state index contributed by atoms with van der Waals surface area (Å²) in [5.74, 6) is 0. The average Bonchev–Trinajstić information content (AvgIpc) is 2.30. The topological polar surface area (TPSA) is 37.9 Å². The van der Waals surface area contributed by atoms with E-state index in [1.54, 1.807) is 7.11 Å². The maximum atomic E-state index is 5.44. The molecule has 16 heavy (non-hydrogen) atoms. The molecule has 0 amide bonds. The van der Waals surface area contributed by atoms with E-state index in [-0.39, 0.29) is 6.10 Å². The minimum Gasteiger partial charge on any atom is -0.377 e. The molecule has 1 N–H and O–H groups in total. The van der Waals surface area contributed by atoms with E-state index in [1.807, 2.05) is 20.8 Å². The van der Waals surface area contributed by atoms with E-state index in [0.29, 0.717) is 4.77 Å². The molecule has 3 nitrogen and oxygen atoms in total. The molecule has 1 aromatic rings. The zero-order valence-corrected chi connectivity index (χ0v) is 11.3. The second-order valence-corrected chi connectivity index (χ2v) is 4.03. The average molecular weight is 240 g/mol. The molecule has 2 rings (SSSR count). The Kier molecular flexibility index (Phi) is 5.09. The largest absolute Gasteiger partial charge is 0.377 e. The van der Waals surface area contributed by atoms with Crippen LogP contribution in [0.25, 0.3) is 0 Å². The summed E-state index contributed by atoms with van der Waals surface area (Å²) in [6.07, 6.45) is 3.43. The molecule has 0 saturated heterocycles. The fraction of sp³-hybridized carbons (Fsp3) is 0.667. The van der Waals surface area contributed by atoms with Crippen LogP contribution in [0.1, 0.15) is 49.7 Å². The predicted molar refractivity (Wildman–Crippen MR) is 68.2 cm³/mol. The van der Waals surface area contributed by atoms with Crippen LogP contribution in [0.4, 0.5) is 0 Å². The molecule has 1 unspecified atom stereocenters. The molecule has 1 atom stereocenters. The zero-order valence-electron chi connectivity index (χ0n) is 10.5. The first kappa shape index (κ1) is 13.3. The van der Waals surface area contributed by atoms with Crippen LogP contribution in [0.15, 0.2) is 0 Å². The molecule has 1 aromatic heterocycles. The first-order valence-electron chi connectivity index (χ1n) is 5.85. The summed E-state index contributed by atoms with van der Waals surface area (Å²) >= 11 is 5.05. The molecule has 0 aromatic carbocycles. The monoisotopic (exact) mass is 240 g/mol. The van der Waals surface area contributed by atoms with E-state index in [2.05, 4.69) is 9.97 Å². The molecule has 1 heterocycles. The Labute approximate surface area is 102 Å². The summed E-state index contributed by atoms with van der Waals surface area (Å²) in [5.41, 5.74) is 3.43. The molecular weight excluding hydrogens is 220 g/mol. The Morgan fingerprint density at radius 3 is 2.75 bits per heavy atom. The minimum atomic E-state index is 0.193. The van der Waals surface area contributed by atoms with E-state index in [0.717, 1.165) is 30.7 Å². The van der Waals surface area contributed by atoms with Gasteiger partial charge in [0.15, 0.2) is 4.77 Å². The second kappa shape index (κ2) is 6.11. The first-order valence-corrected chi connectivity index (χ1v) is 6.25. The normalized spacial score (nSPS) is 18.4. The Bertz CT molecular complexity index is 400. The first-order chi connectivity index (χ1) is 7.72. The highest BCUT2D eigenvalue weighted by molar-refractivity contribution is 7.71. The number of methoxy groups -OCH3 is 1. The van der Waals surface area contributed by atoms with Crippen molar-refractivity contribution in [1.29, 1.82) is 0 Å². The van der Waals surface area contributed by atoms with Crippen LogP contribution >= 0.6 is 12.2 Å². The van der Waals surface area contributed by atoms with Crippen LogP contribution in [0.2, 0.25) is 0 Å². The molecule has 90 valence electrons. The number of hydrogen-bond acceptors (Lipinski definition) is 3. The van der Waals surface area contributed by atoms with Crippen molar-refractivity contribution in [3.63, 3.8) is 0 Å². The summed E-state index contributed by atoms with van der Waals surface area (Å²) in [6.45, 7) is 6.04. The van der Waals surface area contributed by atoms with Gasteiger partial charge in [0.25, 0.3) is 0 Å². The van der Waals surface area contributed by atoms with Gasteiger partial charge in [0, 0.05) is 18.4 Å². The molecule has 0 bridgehead atoms. The van der Waals surface area contributed by atoms with Gasteiger partial charge in [0.05, 0.1) is 11.8 Å². The third kappa shape index (κ3) is 2.68. The van der Waals surface area contributed by atoms with Gasteiger partial charge in [-0.25, -0.2) is 4.98 Å². The summed E-state index contributed by atoms with van der Waals surface area (Å²) in [7, 11) is 1.75. The molecule has 1 aliphatic carbocycles. The van der Waals surface area contributed by atoms with Crippen molar-refractivity contribution in [3.05, 3.63) is 21.7 Å². The van der Waals surface area contributed by atoms with E-state index < -0.39 is 0 Å². The van der Waals surface area contributed by atoms with Gasteiger partial charge in [0.2, 0.25) is 0 Å². The van der Waals surface area contributed by atoms with Gasteiger partial charge >= 0.3 is 0 Å². The highest BCUT2D eigenvalue weighted by Crippen LogP contribution is 2.32. The van der Waals surface area contributed by atoms with Crippen LogP contribution in [0.5, 0.6) is 0 Å². The van der Waals surface area contributed by atoms with Crippen molar-refractivity contribution in [2.24, 2.45) is 0 Å². The summed E-state index contributed by atoms with van der Waals surface area (Å²) < 4.78 is 6.03. The third-order valence-corrected chi connectivity index (χ3v) is 2.93. The van der Waals surface area contributed by atoms with Crippen molar-refractivity contribution >= 4 is 12.2 Å². The van der Waals surface area contributed by atoms with E-state index in [1.165, 1.54) is 5.56 Å². The van der Waals surface area contributed by atoms with Gasteiger partial charge in [-0.1, -0.05) is 13.8 Å². The molecule has 4 heteroatoms. The number of fused-ring (bicyclic) bond motifs is 1. The molecule has 0 spiro atoms. The van der Waals surface area contributed by atoms with Crippen LogP contribution < -0.4 is 0 Å². The molecule has 0 aliphatic heterocycles. The Morgan fingerprint density at radius 2 is 2.12 bits per heavy atom. The summed E-state index contributed by atoms with van der Waals surface area (Å²) in [5, 5.41) is 0. The van der Waals surface area contributed by atoms with Gasteiger partial charge in [-0.2, -0.15) is 0 Å². The molecule has 0 saturated carbocycles. The maximum absolute atomic E-state index is 5.44. The lowest BCUT2D eigenvalue weighted by molar-refractivity contribution is 0.0863. The zero-order chi connectivity index (χ0) is 12.1. The smallest absolute Gasteiger partial charge is 0.197 e. The lowest BCUT2D eigenvalue weighted by Crippen LogP contribution is -2.16. The molecule has 0 fully saturated rings. The number of rotatable bonds is 1. The number of hydrogen-bond donors (Lipinski definition) is 1. The van der Waals surface area contributed by atoms with Gasteiger partial charge in [-0.3, -0.25) is 0 Å². The lowest BCUT2D eigenvalue weighted by atomic mass is 9.92. The van der Waals surface area contributed by atoms with Crippen molar-refractivity contribution < 1.29 is 4.74 Å². The molecule has 1 aliphatic rings. The molecular formula is C12H20N2OS. The van der Waals surface area contributed by atoms with Gasteiger partial charge in [0.1, 0.15) is 0 Å². The van der Waals surface area contributed by atoms with Crippen molar-refractivity contribution in [1.82, 2.24) is 9.97 Å². The van der Waals surface area contributed by atoms with Crippen LogP contribution in [-0.4, -0.2) is 17.1 Å². The summed E-state index contributed by atoms with van der Waals surface area (Å²) in [6, 6.07) is 0. The van der Waals surface area contributed by atoms with Crippen LogP contribution in [-0.2, 0) is 11.2 Å². The van der Waals surface area contributed by atoms with Gasteiger partial charge in [-0.05, 0) is 38.4 Å².